The van der Waals surface area contributed by atoms with Crippen LogP contribution in [-0.4, -0.2) is 53.2 Å². The number of rotatable bonds is 2. The van der Waals surface area contributed by atoms with Crippen molar-refractivity contribution in [2.24, 2.45) is 0 Å². The lowest BCUT2D eigenvalue weighted by molar-refractivity contribution is -0.146. The van der Waals surface area contributed by atoms with E-state index < -0.39 is 35.2 Å². The van der Waals surface area contributed by atoms with Gasteiger partial charge in [0, 0.05) is 12.0 Å². The van der Waals surface area contributed by atoms with E-state index in [0.29, 0.717) is 0 Å². The lowest BCUT2D eigenvalue weighted by Gasteiger charge is -2.36. The van der Waals surface area contributed by atoms with Gasteiger partial charge in [0.1, 0.15) is 5.75 Å². The van der Waals surface area contributed by atoms with E-state index in [1.807, 2.05) is 0 Å². The molecule has 0 spiro atoms. The third kappa shape index (κ3) is 1.61. The van der Waals surface area contributed by atoms with Crippen LogP contribution in [0.25, 0.3) is 0 Å². The van der Waals surface area contributed by atoms with Crippen LogP contribution in [0.15, 0.2) is 18.2 Å². The molecule has 1 aromatic rings. The first kappa shape index (κ1) is 15.3. The second-order valence-corrected chi connectivity index (χ2v) is 6.41. The first-order valence-electron chi connectivity index (χ1n) is 7.71. The van der Waals surface area contributed by atoms with Crippen LogP contribution in [0.3, 0.4) is 0 Å². The fourth-order valence-corrected chi connectivity index (χ4v) is 4.09. The Hall–Kier alpha value is -2.25. The van der Waals surface area contributed by atoms with Crippen molar-refractivity contribution < 1.29 is 33.7 Å². The number of esters is 1. The van der Waals surface area contributed by atoms with Crippen molar-refractivity contribution in [3.63, 3.8) is 0 Å². The number of hydrogen-bond acceptors (Lipinski definition) is 7. The molecule has 7 nitrogen and oxygen atoms in total. The molecule has 0 radical (unpaired) electrons. The number of hydrogen-bond donors (Lipinski definition) is 1. The summed E-state index contributed by atoms with van der Waals surface area (Å²) in [6.45, 7) is 1.64. The molecule has 0 aromatic heterocycles. The summed E-state index contributed by atoms with van der Waals surface area (Å²) in [4.78, 5) is 37.5. The maximum absolute atomic E-state index is 13.0. The zero-order chi connectivity index (χ0) is 17.3. The normalized spacial score (nSPS) is 36.4. The van der Waals surface area contributed by atoms with E-state index in [9.17, 15) is 19.5 Å². The van der Waals surface area contributed by atoms with Crippen LogP contribution in [-0.2, 0) is 19.0 Å². The van der Waals surface area contributed by atoms with Crippen LogP contribution in [0.4, 0.5) is 0 Å². The fourth-order valence-electron chi connectivity index (χ4n) is 4.09. The first-order valence-corrected chi connectivity index (χ1v) is 7.71. The Balaban J connectivity index is 1.78. The van der Waals surface area contributed by atoms with Gasteiger partial charge >= 0.3 is 5.97 Å². The molecular formula is C17H16O7. The van der Waals surface area contributed by atoms with Crippen molar-refractivity contribution in [2.45, 2.75) is 43.2 Å². The molecule has 2 fully saturated rings. The summed E-state index contributed by atoms with van der Waals surface area (Å²) in [5, 5.41) is 10.0. The highest BCUT2D eigenvalue weighted by Gasteiger charge is 2.85. The third-order valence-electron chi connectivity index (χ3n) is 5.22. The summed E-state index contributed by atoms with van der Waals surface area (Å²) in [6.07, 6.45) is -1.20. The molecule has 126 valence electrons. The van der Waals surface area contributed by atoms with Crippen molar-refractivity contribution in [3.05, 3.63) is 29.3 Å². The van der Waals surface area contributed by atoms with Crippen LogP contribution in [0.5, 0.6) is 5.75 Å². The van der Waals surface area contributed by atoms with Gasteiger partial charge < -0.3 is 19.3 Å². The number of epoxide rings is 1. The lowest BCUT2D eigenvalue weighted by Crippen LogP contribution is -2.57. The molecule has 2 heterocycles. The van der Waals surface area contributed by atoms with E-state index in [-0.39, 0.29) is 35.5 Å². The summed E-state index contributed by atoms with van der Waals surface area (Å²) in [5.41, 5.74) is -2.60. The molecule has 24 heavy (non-hydrogen) atoms. The Labute approximate surface area is 137 Å². The predicted molar refractivity (Wildman–Crippen MR) is 78.9 cm³/mol. The minimum Gasteiger partial charge on any atom is -0.507 e. The molecule has 1 aromatic carbocycles. The van der Waals surface area contributed by atoms with E-state index in [1.165, 1.54) is 25.3 Å². The van der Waals surface area contributed by atoms with Crippen LogP contribution in [0.1, 0.15) is 40.5 Å². The van der Waals surface area contributed by atoms with Crippen LogP contribution in [0, 0.1) is 0 Å². The van der Waals surface area contributed by atoms with Gasteiger partial charge in [-0.2, -0.15) is 0 Å². The summed E-state index contributed by atoms with van der Waals surface area (Å²) < 4.78 is 16.2. The number of phenols is 1. The standard InChI is InChI=1S/C17H16O7/c1-8-17-15(21)13-10(4-3-5-11(13)18)14(20)16(17,24-17)7-9(23-8)6-12(19)22-2/h3-5,8-9,18H,6-7H2,1-2H3/t8-,9-,16-,17+/m0/s1. The predicted octanol–water partition coefficient (Wildman–Crippen LogP) is 1.02. The van der Waals surface area contributed by atoms with Gasteiger partial charge in [-0.1, -0.05) is 12.1 Å². The van der Waals surface area contributed by atoms with E-state index in [2.05, 4.69) is 4.74 Å². The highest BCUT2D eigenvalue weighted by molar-refractivity contribution is 6.26. The van der Waals surface area contributed by atoms with Crippen molar-refractivity contribution >= 4 is 17.5 Å². The molecule has 7 heteroatoms. The van der Waals surface area contributed by atoms with Gasteiger partial charge in [0.25, 0.3) is 0 Å². The zero-order valence-electron chi connectivity index (χ0n) is 13.2. The van der Waals surface area contributed by atoms with Crippen LogP contribution >= 0.6 is 0 Å². The number of aromatic hydroxyl groups is 1. The van der Waals surface area contributed by atoms with Gasteiger partial charge in [0.05, 0.1) is 31.3 Å². The van der Waals surface area contributed by atoms with Gasteiger partial charge in [-0.25, -0.2) is 0 Å². The Morgan fingerprint density at radius 3 is 2.83 bits per heavy atom. The molecule has 0 amide bonds. The number of Topliss-reactive ketones (excluding diaryl/α,β-unsaturated/α-hetero) is 2. The number of ether oxygens (including phenoxy) is 3. The molecular weight excluding hydrogens is 316 g/mol. The number of phenolic OH excluding ortho intramolecular Hbond substituents is 1. The summed E-state index contributed by atoms with van der Waals surface area (Å²) in [7, 11) is 1.28. The Kier molecular flexibility index (Phi) is 2.96. The number of carbonyl (C=O) groups excluding carboxylic acids is 3. The van der Waals surface area contributed by atoms with E-state index >= 15 is 0 Å². The third-order valence-corrected chi connectivity index (χ3v) is 5.22. The quantitative estimate of drug-likeness (QED) is 0.637. The largest absolute Gasteiger partial charge is 0.507 e. The average molecular weight is 332 g/mol. The first-order chi connectivity index (χ1) is 11.4. The lowest BCUT2D eigenvalue weighted by atomic mass is 9.68. The minimum absolute atomic E-state index is 0.0162. The zero-order valence-corrected chi connectivity index (χ0v) is 13.2. The number of fused-ring (bicyclic) bond motifs is 1. The van der Waals surface area contributed by atoms with Crippen LogP contribution < -0.4 is 0 Å². The van der Waals surface area contributed by atoms with Crippen molar-refractivity contribution in [3.8, 4) is 5.75 Å². The van der Waals surface area contributed by atoms with E-state index in [4.69, 9.17) is 9.47 Å². The van der Waals surface area contributed by atoms with E-state index in [1.54, 1.807) is 6.92 Å². The van der Waals surface area contributed by atoms with Crippen molar-refractivity contribution in [1.29, 1.82) is 0 Å². The minimum atomic E-state index is -1.41. The highest BCUT2D eigenvalue weighted by Crippen LogP contribution is 2.63. The molecule has 2 aliphatic heterocycles. The topological polar surface area (TPSA) is 102 Å². The molecule has 0 saturated carbocycles. The maximum Gasteiger partial charge on any atom is 0.308 e. The number of methoxy groups -OCH3 is 1. The molecule has 1 N–H and O–H groups in total. The summed E-state index contributed by atoms with van der Waals surface area (Å²) >= 11 is 0. The monoisotopic (exact) mass is 332 g/mol. The number of carbonyl (C=O) groups is 3. The van der Waals surface area contributed by atoms with Gasteiger partial charge in [0.2, 0.25) is 5.78 Å². The van der Waals surface area contributed by atoms with Gasteiger partial charge in [-0.05, 0) is 13.0 Å². The number of ketones is 2. The second-order valence-electron chi connectivity index (χ2n) is 6.41. The Morgan fingerprint density at radius 1 is 1.38 bits per heavy atom. The van der Waals surface area contributed by atoms with Crippen molar-refractivity contribution in [2.75, 3.05) is 7.11 Å². The smallest absolute Gasteiger partial charge is 0.308 e. The van der Waals surface area contributed by atoms with Gasteiger partial charge in [-0.15, -0.1) is 0 Å². The Bertz CT molecular complexity index is 785. The summed E-state index contributed by atoms with van der Waals surface area (Å²) in [6, 6.07) is 4.38. The molecule has 0 unspecified atom stereocenters. The molecule has 3 aliphatic rings. The van der Waals surface area contributed by atoms with Gasteiger partial charge in [-0.3, -0.25) is 14.4 Å². The van der Waals surface area contributed by atoms with Crippen LogP contribution in [0.2, 0.25) is 0 Å². The second kappa shape index (κ2) is 4.64. The van der Waals surface area contributed by atoms with Gasteiger partial charge in [0.15, 0.2) is 17.0 Å². The average Bonchev–Trinajstić information content (AvgIpc) is 3.25. The molecule has 2 saturated heterocycles. The Morgan fingerprint density at radius 2 is 2.12 bits per heavy atom. The SMILES string of the molecule is COC(=O)C[C@H]1C[C@@]23O[C@@]2(C(=O)c2c(O)cccc2C3=O)[C@H](C)O1. The summed E-state index contributed by atoms with van der Waals surface area (Å²) in [5.74, 6) is -1.49. The molecule has 4 atom stereocenters. The van der Waals surface area contributed by atoms with Crippen molar-refractivity contribution in [1.82, 2.24) is 0 Å². The highest BCUT2D eigenvalue weighted by atomic mass is 16.7. The van der Waals surface area contributed by atoms with E-state index in [0.717, 1.165) is 0 Å². The molecule has 1 aliphatic carbocycles. The molecule has 0 bridgehead atoms. The maximum atomic E-state index is 13.0. The fraction of sp³-hybridized carbons (Fsp3) is 0.471. The molecule has 4 rings (SSSR count). The number of benzene rings is 1.